The van der Waals surface area contributed by atoms with Crippen molar-refractivity contribution in [3.05, 3.63) is 0 Å². The summed E-state index contributed by atoms with van der Waals surface area (Å²) in [6.45, 7) is 4.98. The van der Waals surface area contributed by atoms with Gasteiger partial charge in [0.15, 0.2) is 0 Å². The van der Waals surface area contributed by atoms with Crippen molar-refractivity contribution in [2.45, 2.75) is 19.4 Å². The molecule has 8 heavy (non-hydrogen) atoms. The second kappa shape index (κ2) is 3.05. The summed E-state index contributed by atoms with van der Waals surface area (Å²) in [5.41, 5.74) is 0. The molecule has 1 atom stereocenters. The molecule has 1 aliphatic heterocycles. The van der Waals surface area contributed by atoms with Crippen molar-refractivity contribution < 1.29 is 4.74 Å². The number of morpholine rings is 1. The molecule has 0 saturated carbocycles. The summed E-state index contributed by atoms with van der Waals surface area (Å²) < 4.78 is 5.21. The van der Waals surface area contributed by atoms with Gasteiger partial charge in [0, 0.05) is 12.6 Å². The van der Waals surface area contributed by atoms with E-state index in [4.69, 9.17) is 4.74 Å². The SMILES string of the molecule is CCC1COCCN1. The maximum atomic E-state index is 5.21. The van der Waals surface area contributed by atoms with Crippen LogP contribution in [0.1, 0.15) is 13.3 Å². The fraction of sp³-hybridized carbons (Fsp3) is 1.00. The molecule has 48 valence electrons. The summed E-state index contributed by atoms with van der Waals surface area (Å²) in [4.78, 5) is 0. The zero-order valence-corrected chi connectivity index (χ0v) is 5.31. The first kappa shape index (κ1) is 6.05. The number of rotatable bonds is 1. The molecule has 0 spiro atoms. The molecule has 0 aromatic heterocycles. The van der Waals surface area contributed by atoms with E-state index in [-0.39, 0.29) is 0 Å². The predicted molar refractivity (Wildman–Crippen MR) is 32.9 cm³/mol. The highest BCUT2D eigenvalue weighted by Gasteiger charge is 2.08. The highest BCUT2D eigenvalue weighted by molar-refractivity contribution is 4.66. The summed E-state index contributed by atoms with van der Waals surface area (Å²) >= 11 is 0. The molecule has 0 amide bonds. The van der Waals surface area contributed by atoms with Crippen molar-refractivity contribution in [2.75, 3.05) is 19.8 Å². The highest BCUT2D eigenvalue weighted by Crippen LogP contribution is 1.95. The van der Waals surface area contributed by atoms with Gasteiger partial charge in [0.25, 0.3) is 0 Å². The summed E-state index contributed by atoms with van der Waals surface area (Å²) in [6, 6.07) is 0.615. The monoisotopic (exact) mass is 115 g/mol. The van der Waals surface area contributed by atoms with Crippen LogP contribution in [0, 0.1) is 0 Å². The summed E-state index contributed by atoms with van der Waals surface area (Å²) in [5.74, 6) is 0. The number of ether oxygens (including phenoxy) is 1. The van der Waals surface area contributed by atoms with Crippen LogP contribution in [-0.4, -0.2) is 25.8 Å². The van der Waals surface area contributed by atoms with E-state index in [1.54, 1.807) is 0 Å². The fourth-order valence-corrected chi connectivity index (χ4v) is 0.882. The third kappa shape index (κ3) is 1.46. The van der Waals surface area contributed by atoms with Crippen molar-refractivity contribution in [2.24, 2.45) is 0 Å². The van der Waals surface area contributed by atoms with Crippen LogP contribution in [0.4, 0.5) is 0 Å². The Balaban J connectivity index is 2.13. The maximum absolute atomic E-state index is 5.21. The lowest BCUT2D eigenvalue weighted by atomic mass is 10.2. The molecule has 1 unspecified atom stereocenters. The zero-order chi connectivity index (χ0) is 5.82. The van der Waals surface area contributed by atoms with E-state index in [1.807, 2.05) is 0 Å². The quantitative estimate of drug-likeness (QED) is 0.533. The molecule has 1 fully saturated rings. The number of hydrogen-bond acceptors (Lipinski definition) is 2. The van der Waals surface area contributed by atoms with Crippen LogP contribution in [-0.2, 0) is 4.74 Å². The van der Waals surface area contributed by atoms with Gasteiger partial charge < -0.3 is 10.1 Å². The third-order valence-electron chi connectivity index (χ3n) is 1.49. The Bertz CT molecular complexity index is 59.5. The van der Waals surface area contributed by atoms with Gasteiger partial charge in [-0.3, -0.25) is 0 Å². The van der Waals surface area contributed by atoms with E-state index in [9.17, 15) is 0 Å². The van der Waals surface area contributed by atoms with Gasteiger partial charge in [-0.25, -0.2) is 0 Å². The minimum Gasteiger partial charge on any atom is -0.379 e. The van der Waals surface area contributed by atoms with Gasteiger partial charge in [0.05, 0.1) is 13.2 Å². The zero-order valence-electron chi connectivity index (χ0n) is 5.31. The molecule has 2 nitrogen and oxygen atoms in total. The summed E-state index contributed by atoms with van der Waals surface area (Å²) in [6.07, 6.45) is 1.18. The first-order valence-corrected chi connectivity index (χ1v) is 3.24. The Morgan fingerprint density at radius 3 is 3.00 bits per heavy atom. The number of nitrogens with one attached hydrogen (secondary N) is 1. The Kier molecular flexibility index (Phi) is 2.30. The molecule has 1 saturated heterocycles. The van der Waals surface area contributed by atoms with E-state index in [2.05, 4.69) is 12.2 Å². The average Bonchev–Trinajstić information content (AvgIpc) is 1.90. The number of hydrogen-bond donors (Lipinski definition) is 1. The molecule has 0 aromatic rings. The first-order valence-electron chi connectivity index (χ1n) is 3.24. The van der Waals surface area contributed by atoms with Crippen LogP contribution >= 0.6 is 0 Å². The Hall–Kier alpha value is -0.0800. The van der Waals surface area contributed by atoms with Gasteiger partial charge in [-0.1, -0.05) is 6.92 Å². The highest BCUT2D eigenvalue weighted by atomic mass is 16.5. The predicted octanol–water partition coefficient (Wildman–Crippen LogP) is 0.385. The van der Waals surface area contributed by atoms with Gasteiger partial charge in [-0.05, 0) is 6.42 Å². The van der Waals surface area contributed by atoms with Crippen LogP contribution in [0.25, 0.3) is 0 Å². The second-order valence-corrected chi connectivity index (χ2v) is 2.13. The van der Waals surface area contributed by atoms with Crippen LogP contribution in [0.5, 0.6) is 0 Å². The molecule has 0 aromatic carbocycles. The average molecular weight is 115 g/mol. The normalized spacial score (nSPS) is 30.4. The molecular weight excluding hydrogens is 102 g/mol. The maximum Gasteiger partial charge on any atom is 0.0620 e. The Labute approximate surface area is 50.2 Å². The van der Waals surface area contributed by atoms with E-state index in [0.717, 1.165) is 19.8 Å². The van der Waals surface area contributed by atoms with E-state index >= 15 is 0 Å². The summed E-state index contributed by atoms with van der Waals surface area (Å²) in [7, 11) is 0. The van der Waals surface area contributed by atoms with Gasteiger partial charge >= 0.3 is 0 Å². The molecule has 0 aliphatic carbocycles. The molecule has 1 heterocycles. The Morgan fingerprint density at radius 1 is 1.75 bits per heavy atom. The fourth-order valence-electron chi connectivity index (χ4n) is 0.882. The van der Waals surface area contributed by atoms with Gasteiger partial charge in [-0.15, -0.1) is 0 Å². The van der Waals surface area contributed by atoms with Crippen molar-refractivity contribution in [1.29, 1.82) is 0 Å². The van der Waals surface area contributed by atoms with Crippen molar-refractivity contribution in [3.8, 4) is 0 Å². The minimum atomic E-state index is 0.615. The molecular formula is C6H13NO. The summed E-state index contributed by atoms with van der Waals surface area (Å²) in [5, 5.41) is 3.34. The lowest BCUT2D eigenvalue weighted by Gasteiger charge is -2.21. The van der Waals surface area contributed by atoms with Gasteiger partial charge in [0.1, 0.15) is 0 Å². The van der Waals surface area contributed by atoms with E-state index in [0.29, 0.717) is 6.04 Å². The molecule has 1 rings (SSSR count). The smallest absolute Gasteiger partial charge is 0.0620 e. The molecule has 0 radical (unpaired) electrons. The van der Waals surface area contributed by atoms with E-state index in [1.165, 1.54) is 6.42 Å². The first-order chi connectivity index (χ1) is 3.93. The van der Waals surface area contributed by atoms with E-state index < -0.39 is 0 Å². The van der Waals surface area contributed by atoms with Crippen molar-refractivity contribution in [1.82, 2.24) is 5.32 Å². The van der Waals surface area contributed by atoms with Crippen LogP contribution in [0.15, 0.2) is 0 Å². The molecule has 1 N–H and O–H groups in total. The van der Waals surface area contributed by atoms with Gasteiger partial charge in [-0.2, -0.15) is 0 Å². The van der Waals surface area contributed by atoms with Gasteiger partial charge in [0.2, 0.25) is 0 Å². The van der Waals surface area contributed by atoms with Crippen molar-refractivity contribution >= 4 is 0 Å². The standard InChI is InChI=1S/C6H13NO/c1-2-6-5-8-4-3-7-6/h6-7H,2-5H2,1H3. The van der Waals surface area contributed by atoms with Crippen molar-refractivity contribution in [3.63, 3.8) is 0 Å². The van der Waals surface area contributed by atoms with Crippen LogP contribution in [0.3, 0.4) is 0 Å². The molecule has 0 bridgehead atoms. The lowest BCUT2D eigenvalue weighted by Crippen LogP contribution is -2.40. The van der Waals surface area contributed by atoms with Crippen LogP contribution < -0.4 is 5.32 Å². The largest absolute Gasteiger partial charge is 0.379 e. The lowest BCUT2D eigenvalue weighted by molar-refractivity contribution is 0.0758. The third-order valence-corrected chi connectivity index (χ3v) is 1.49. The second-order valence-electron chi connectivity index (χ2n) is 2.13. The molecule has 1 aliphatic rings. The van der Waals surface area contributed by atoms with Crippen LogP contribution in [0.2, 0.25) is 0 Å². The minimum absolute atomic E-state index is 0.615. The topological polar surface area (TPSA) is 21.3 Å². The Morgan fingerprint density at radius 2 is 2.62 bits per heavy atom. The molecule has 2 heteroatoms.